The van der Waals surface area contributed by atoms with Crippen molar-refractivity contribution in [1.29, 1.82) is 0 Å². The molecule has 0 aliphatic carbocycles. The Labute approximate surface area is 79.9 Å². The van der Waals surface area contributed by atoms with E-state index in [-0.39, 0.29) is 11.3 Å². The summed E-state index contributed by atoms with van der Waals surface area (Å²) in [5, 5.41) is 2.16. The number of carbonyl (C=O) groups excluding carboxylic acids is 3. The van der Waals surface area contributed by atoms with Crippen LogP contribution in [-0.4, -0.2) is 17.6 Å². The van der Waals surface area contributed by atoms with E-state index < -0.39 is 11.8 Å². The van der Waals surface area contributed by atoms with Crippen LogP contribution in [0.4, 0.5) is 0 Å². The Morgan fingerprint density at radius 3 is 2.43 bits per heavy atom. The fourth-order valence-corrected chi connectivity index (χ4v) is 1.39. The van der Waals surface area contributed by atoms with Gasteiger partial charge in [-0.3, -0.25) is 19.7 Å². The first-order chi connectivity index (χ1) is 6.59. The van der Waals surface area contributed by atoms with Gasteiger partial charge in [0.05, 0.1) is 11.1 Å². The van der Waals surface area contributed by atoms with Crippen LogP contribution in [0.1, 0.15) is 38.0 Å². The minimum atomic E-state index is -0.437. The molecule has 0 radical (unpaired) electrons. The molecule has 1 N–H and O–H groups in total. The number of ketones is 1. The number of rotatable bonds is 1. The molecule has 0 bridgehead atoms. The van der Waals surface area contributed by atoms with E-state index in [1.165, 1.54) is 19.1 Å². The molecule has 1 aliphatic heterocycles. The van der Waals surface area contributed by atoms with Crippen LogP contribution in [0.15, 0.2) is 18.2 Å². The van der Waals surface area contributed by atoms with Gasteiger partial charge in [0, 0.05) is 5.56 Å². The highest BCUT2D eigenvalue weighted by Crippen LogP contribution is 2.17. The van der Waals surface area contributed by atoms with Crippen molar-refractivity contribution in [3.8, 4) is 0 Å². The van der Waals surface area contributed by atoms with Gasteiger partial charge in [-0.15, -0.1) is 0 Å². The van der Waals surface area contributed by atoms with Crippen molar-refractivity contribution in [2.24, 2.45) is 0 Å². The lowest BCUT2D eigenvalue weighted by Crippen LogP contribution is -2.19. The molecule has 2 rings (SSSR count). The summed E-state index contributed by atoms with van der Waals surface area (Å²) in [6, 6.07) is 4.48. The summed E-state index contributed by atoms with van der Waals surface area (Å²) in [7, 11) is 0. The third kappa shape index (κ3) is 1.12. The average Bonchev–Trinajstić information content (AvgIpc) is 2.42. The molecule has 4 nitrogen and oxygen atoms in total. The SMILES string of the molecule is CC(=O)c1ccc2c(c1)C(=O)NC2=O. The molecule has 1 aliphatic rings. The van der Waals surface area contributed by atoms with Crippen molar-refractivity contribution in [2.75, 3.05) is 0 Å². The van der Waals surface area contributed by atoms with E-state index in [9.17, 15) is 14.4 Å². The molecule has 4 heteroatoms. The van der Waals surface area contributed by atoms with Gasteiger partial charge >= 0.3 is 0 Å². The second kappa shape index (κ2) is 2.77. The number of nitrogens with one attached hydrogen (secondary N) is 1. The highest BCUT2D eigenvalue weighted by atomic mass is 16.2. The number of hydrogen-bond acceptors (Lipinski definition) is 3. The largest absolute Gasteiger partial charge is 0.295 e. The molecule has 0 atom stereocenters. The van der Waals surface area contributed by atoms with Crippen molar-refractivity contribution >= 4 is 17.6 Å². The van der Waals surface area contributed by atoms with E-state index in [2.05, 4.69) is 5.32 Å². The van der Waals surface area contributed by atoms with Crippen LogP contribution in [0.25, 0.3) is 0 Å². The van der Waals surface area contributed by atoms with Gasteiger partial charge in [-0.1, -0.05) is 6.07 Å². The number of Topliss-reactive ketones (excluding diaryl/α,β-unsaturated/α-hetero) is 1. The minimum absolute atomic E-state index is 0.125. The zero-order chi connectivity index (χ0) is 10.3. The van der Waals surface area contributed by atoms with Crippen LogP contribution in [0.2, 0.25) is 0 Å². The monoisotopic (exact) mass is 189 g/mol. The molecule has 0 unspecified atom stereocenters. The predicted octanol–water partition coefficient (Wildman–Crippen LogP) is 0.773. The highest BCUT2D eigenvalue weighted by Gasteiger charge is 2.26. The molecule has 1 aromatic rings. The van der Waals surface area contributed by atoms with E-state index in [4.69, 9.17) is 0 Å². The molecule has 2 amide bonds. The Hall–Kier alpha value is -1.97. The van der Waals surface area contributed by atoms with Crippen LogP contribution >= 0.6 is 0 Å². The number of imide groups is 1. The summed E-state index contributed by atoms with van der Waals surface area (Å²) < 4.78 is 0. The van der Waals surface area contributed by atoms with Crippen LogP contribution in [0.5, 0.6) is 0 Å². The number of fused-ring (bicyclic) bond motifs is 1. The van der Waals surface area contributed by atoms with Crippen LogP contribution in [-0.2, 0) is 0 Å². The van der Waals surface area contributed by atoms with E-state index >= 15 is 0 Å². The minimum Gasteiger partial charge on any atom is -0.295 e. The van der Waals surface area contributed by atoms with Crippen molar-refractivity contribution in [2.45, 2.75) is 6.92 Å². The van der Waals surface area contributed by atoms with Gasteiger partial charge < -0.3 is 0 Å². The molecule has 14 heavy (non-hydrogen) atoms. The molecule has 0 spiro atoms. The highest BCUT2D eigenvalue weighted by molar-refractivity contribution is 6.22. The summed E-state index contributed by atoms with van der Waals surface area (Å²) in [5.41, 5.74) is 1.05. The van der Waals surface area contributed by atoms with Gasteiger partial charge in [0.1, 0.15) is 0 Å². The quantitative estimate of drug-likeness (QED) is 0.524. The van der Waals surface area contributed by atoms with E-state index in [0.717, 1.165) is 0 Å². The zero-order valence-electron chi connectivity index (χ0n) is 7.46. The molecular formula is C10H7NO3. The number of amides is 2. The number of hydrogen-bond donors (Lipinski definition) is 1. The van der Waals surface area contributed by atoms with Gasteiger partial charge in [0.2, 0.25) is 0 Å². The molecule has 0 saturated heterocycles. The Balaban J connectivity index is 2.61. The van der Waals surface area contributed by atoms with Crippen LogP contribution in [0, 0.1) is 0 Å². The smallest absolute Gasteiger partial charge is 0.258 e. The van der Waals surface area contributed by atoms with Gasteiger partial charge in [0.25, 0.3) is 11.8 Å². The van der Waals surface area contributed by atoms with Crippen molar-refractivity contribution < 1.29 is 14.4 Å². The maximum absolute atomic E-state index is 11.2. The summed E-state index contributed by atoms with van der Waals surface area (Å²) in [6.07, 6.45) is 0. The second-order valence-electron chi connectivity index (χ2n) is 3.10. The zero-order valence-corrected chi connectivity index (χ0v) is 7.46. The maximum Gasteiger partial charge on any atom is 0.258 e. The summed E-state index contributed by atoms with van der Waals surface area (Å²) in [6.45, 7) is 1.41. The molecule has 1 heterocycles. The Kier molecular flexibility index (Phi) is 1.70. The first-order valence-corrected chi connectivity index (χ1v) is 4.10. The first kappa shape index (κ1) is 8.62. The lowest BCUT2D eigenvalue weighted by Gasteiger charge is -1.97. The van der Waals surface area contributed by atoms with Crippen LogP contribution < -0.4 is 5.32 Å². The topological polar surface area (TPSA) is 63.2 Å². The summed E-state index contributed by atoms with van der Waals surface area (Å²) >= 11 is 0. The van der Waals surface area contributed by atoms with E-state index in [0.29, 0.717) is 11.1 Å². The van der Waals surface area contributed by atoms with Gasteiger partial charge in [0.15, 0.2) is 5.78 Å². The average molecular weight is 189 g/mol. The van der Waals surface area contributed by atoms with Gasteiger partial charge in [-0.2, -0.15) is 0 Å². The Bertz CT molecular complexity index is 462. The predicted molar refractivity (Wildman–Crippen MR) is 48.2 cm³/mol. The van der Waals surface area contributed by atoms with Gasteiger partial charge in [-0.25, -0.2) is 0 Å². The molecule has 0 aromatic heterocycles. The van der Waals surface area contributed by atoms with Gasteiger partial charge in [-0.05, 0) is 19.1 Å². The molecule has 0 fully saturated rings. The van der Waals surface area contributed by atoms with E-state index in [1.54, 1.807) is 6.07 Å². The lowest BCUT2D eigenvalue weighted by atomic mass is 10.0. The third-order valence-corrected chi connectivity index (χ3v) is 2.14. The Morgan fingerprint density at radius 1 is 1.14 bits per heavy atom. The first-order valence-electron chi connectivity index (χ1n) is 4.10. The maximum atomic E-state index is 11.2. The number of carbonyl (C=O) groups is 3. The summed E-state index contributed by atoms with van der Waals surface area (Å²) in [4.78, 5) is 33.4. The lowest BCUT2D eigenvalue weighted by molar-refractivity contribution is 0.0879. The van der Waals surface area contributed by atoms with Crippen LogP contribution in [0.3, 0.4) is 0 Å². The summed E-state index contributed by atoms with van der Waals surface area (Å²) in [5.74, 6) is -0.965. The fourth-order valence-electron chi connectivity index (χ4n) is 1.39. The third-order valence-electron chi connectivity index (χ3n) is 2.14. The number of benzene rings is 1. The van der Waals surface area contributed by atoms with Crippen molar-refractivity contribution in [1.82, 2.24) is 5.32 Å². The molecule has 1 aromatic carbocycles. The normalized spacial score (nSPS) is 13.8. The second-order valence-corrected chi connectivity index (χ2v) is 3.10. The van der Waals surface area contributed by atoms with Crippen molar-refractivity contribution in [3.05, 3.63) is 34.9 Å². The molecular weight excluding hydrogens is 182 g/mol. The molecule has 70 valence electrons. The van der Waals surface area contributed by atoms with E-state index in [1.807, 2.05) is 0 Å². The fraction of sp³-hybridized carbons (Fsp3) is 0.100. The molecule has 0 saturated carbocycles. The van der Waals surface area contributed by atoms with Crippen molar-refractivity contribution in [3.63, 3.8) is 0 Å². The Morgan fingerprint density at radius 2 is 1.79 bits per heavy atom. The standard InChI is InChI=1S/C10H7NO3/c1-5(12)6-2-3-7-8(4-6)10(14)11-9(7)13/h2-4H,1H3,(H,11,13,14).